The molecule has 8 heteroatoms. The number of amides is 1. The van der Waals surface area contributed by atoms with Crippen molar-refractivity contribution in [3.8, 4) is 28.3 Å². The summed E-state index contributed by atoms with van der Waals surface area (Å²) in [6, 6.07) is 28.0. The first-order chi connectivity index (χ1) is 20.9. The number of ether oxygens (including phenoxy) is 1. The number of hydrogen-bond acceptors (Lipinski definition) is 4. The number of carboxylic acid groups (broad SMARTS) is 1. The Bertz CT molecular complexity index is 1720. The maximum atomic E-state index is 11.6. The van der Waals surface area contributed by atoms with E-state index < -0.39 is 5.97 Å². The highest BCUT2D eigenvalue weighted by molar-refractivity contribution is 6.30. The summed E-state index contributed by atoms with van der Waals surface area (Å²) in [6.07, 6.45) is 6.11. The third kappa shape index (κ3) is 6.89. The number of aromatic carboxylic acids is 1. The monoisotopic (exact) mass is 595 g/mol. The molecule has 3 N–H and O–H groups in total. The number of aryl methyl sites for hydroxylation is 1. The van der Waals surface area contributed by atoms with Crippen molar-refractivity contribution in [3.63, 3.8) is 0 Å². The van der Waals surface area contributed by atoms with Crippen molar-refractivity contribution < 1.29 is 19.4 Å². The van der Waals surface area contributed by atoms with Crippen LogP contribution in [0.4, 0.5) is 0 Å². The largest absolute Gasteiger partial charge is 0.489 e. The zero-order chi connectivity index (χ0) is 30.3. The molecule has 1 amide bonds. The summed E-state index contributed by atoms with van der Waals surface area (Å²) in [7, 11) is 0. The van der Waals surface area contributed by atoms with E-state index in [1.807, 2.05) is 54.6 Å². The fraction of sp³-hybridized carbons (Fsp3) is 0.229. The van der Waals surface area contributed by atoms with Crippen LogP contribution in [-0.4, -0.2) is 27.0 Å². The summed E-state index contributed by atoms with van der Waals surface area (Å²) in [5.74, 6) is 0.713. The Kier molecular flexibility index (Phi) is 9.42. The molecule has 43 heavy (non-hydrogen) atoms. The molecule has 0 saturated heterocycles. The van der Waals surface area contributed by atoms with Gasteiger partial charge in [-0.05, 0) is 91.1 Å². The van der Waals surface area contributed by atoms with E-state index >= 15 is 0 Å². The van der Waals surface area contributed by atoms with Crippen molar-refractivity contribution in [2.24, 2.45) is 5.73 Å². The smallest absolute Gasteiger partial charge is 0.335 e. The Morgan fingerprint density at radius 1 is 0.977 bits per heavy atom. The minimum absolute atomic E-state index is 0.250. The van der Waals surface area contributed by atoms with E-state index in [4.69, 9.17) is 26.1 Å². The van der Waals surface area contributed by atoms with Crippen LogP contribution in [0, 0.1) is 6.92 Å². The van der Waals surface area contributed by atoms with Gasteiger partial charge < -0.3 is 20.1 Å². The summed E-state index contributed by atoms with van der Waals surface area (Å²) >= 11 is 6.10. The van der Waals surface area contributed by atoms with Gasteiger partial charge in [0.2, 0.25) is 6.41 Å². The van der Waals surface area contributed by atoms with E-state index in [-0.39, 0.29) is 12.0 Å². The Morgan fingerprint density at radius 3 is 2.33 bits per heavy atom. The maximum Gasteiger partial charge on any atom is 0.335 e. The van der Waals surface area contributed by atoms with Gasteiger partial charge in [-0.3, -0.25) is 4.79 Å². The van der Waals surface area contributed by atoms with Gasteiger partial charge in [-0.25, -0.2) is 9.78 Å². The number of hydrogen-bond donors (Lipinski definition) is 2. The van der Waals surface area contributed by atoms with Gasteiger partial charge in [0.1, 0.15) is 18.2 Å². The van der Waals surface area contributed by atoms with E-state index in [1.54, 1.807) is 12.1 Å². The molecule has 6 rings (SSSR count). The van der Waals surface area contributed by atoms with E-state index in [9.17, 15) is 9.90 Å². The molecule has 7 nitrogen and oxygen atoms in total. The number of nitrogens with two attached hydrogens (primary N) is 1. The first-order valence-corrected chi connectivity index (χ1v) is 14.7. The molecule has 1 aliphatic carbocycles. The van der Waals surface area contributed by atoms with Crippen LogP contribution in [0.3, 0.4) is 0 Å². The zero-order valence-electron chi connectivity index (χ0n) is 24.0. The summed E-state index contributed by atoms with van der Waals surface area (Å²) < 4.78 is 8.57. The van der Waals surface area contributed by atoms with Crippen LogP contribution in [0.25, 0.3) is 33.5 Å². The van der Waals surface area contributed by atoms with Crippen LogP contribution < -0.4 is 10.5 Å². The number of nitrogens with zero attached hydrogens (tertiary/aromatic N) is 2. The standard InChI is InChI=1S/C34H31ClN2O3.CH3NO/c1-22-7-17-30(23-8-13-27(35)14-9-23)26(19-22)21-40-29-15-10-24(11-16-29)33-36-31-20-25(34(38)39)12-18-32(31)37(33)28-5-3-2-4-6-28;2-1-3/h7-20,28H,2-6,21H2,1H3,(H,38,39);1H,(H2,2,3). The Balaban J connectivity index is 0.00000118. The summed E-state index contributed by atoms with van der Waals surface area (Å²) in [5.41, 5.74) is 11.6. The SMILES string of the molecule is Cc1ccc(-c2ccc(Cl)cc2)c(COc2ccc(-c3nc4cc(C(=O)O)ccc4n3C3CCCCC3)cc2)c1.NC=O. The first kappa shape index (κ1) is 29.9. The predicted molar refractivity (Wildman–Crippen MR) is 170 cm³/mol. The number of fused-ring (bicyclic) bond motifs is 1. The van der Waals surface area contributed by atoms with E-state index in [0.29, 0.717) is 17.7 Å². The highest BCUT2D eigenvalue weighted by Gasteiger charge is 2.23. The molecular weight excluding hydrogens is 562 g/mol. The summed E-state index contributed by atoms with van der Waals surface area (Å²) in [6.45, 7) is 2.53. The molecule has 1 heterocycles. The molecule has 0 atom stereocenters. The minimum Gasteiger partial charge on any atom is -0.489 e. The molecule has 1 aromatic heterocycles. The maximum absolute atomic E-state index is 11.6. The van der Waals surface area contributed by atoms with Gasteiger partial charge in [-0.1, -0.05) is 66.8 Å². The number of benzene rings is 4. The molecule has 1 aliphatic rings. The fourth-order valence-corrected chi connectivity index (χ4v) is 5.88. The van der Waals surface area contributed by atoms with Crippen LogP contribution >= 0.6 is 11.6 Å². The molecule has 220 valence electrons. The summed E-state index contributed by atoms with van der Waals surface area (Å²) in [4.78, 5) is 25.1. The number of carbonyl (C=O) groups is 2. The van der Waals surface area contributed by atoms with Gasteiger partial charge in [0.15, 0.2) is 0 Å². The van der Waals surface area contributed by atoms with E-state index in [0.717, 1.165) is 57.7 Å². The fourth-order valence-electron chi connectivity index (χ4n) is 5.76. The van der Waals surface area contributed by atoms with Crippen LogP contribution in [0.15, 0.2) is 84.9 Å². The van der Waals surface area contributed by atoms with Crippen molar-refractivity contribution in [1.82, 2.24) is 9.55 Å². The topological polar surface area (TPSA) is 107 Å². The third-order valence-electron chi connectivity index (χ3n) is 7.80. The highest BCUT2D eigenvalue weighted by atomic mass is 35.5. The van der Waals surface area contributed by atoms with Crippen molar-refractivity contribution >= 4 is 35.0 Å². The lowest BCUT2D eigenvalue weighted by molar-refractivity contribution is -0.106. The average molecular weight is 596 g/mol. The third-order valence-corrected chi connectivity index (χ3v) is 8.05. The first-order valence-electron chi connectivity index (χ1n) is 14.4. The molecule has 0 spiro atoms. The minimum atomic E-state index is -0.940. The van der Waals surface area contributed by atoms with Gasteiger partial charge in [0, 0.05) is 16.6 Å². The van der Waals surface area contributed by atoms with Gasteiger partial charge in [-0.2, -0.15) is 0 Å². The lowest BCUT2D eigenvalue weighted by Crippen LogP contribution is -2.14. The molecule has 0 bridgehead atoms. The second-order valence-corrected chi connectivity index (χ2v) is 11.2. The van der Waals surface area contributed by atoms with Crippen LogP contribution in [0.5, 0.6) is 5.75 Å². The molecule has 5 aromatic rings. The average Bonchev–Trinajstić information content (AvgIpc) is 3.41. The van der Waals surface area contributed by atoms with Crippen molar-refractivity contribution in [3.05, 3.63) is 107 Å². The molecule has 0 aliphatic heterocycles. The van der Waals surface area contributed by atoms with Crippen molar-refractivity contribution in [2.75, 3.05) is 0 Å². The van der Waals surface area contributed by atoms with Gasteiger partial charge in [-0.15, -0.1) is 0 Å². The molecule has 0 unspecified atom stereocenters. The Hall–Kier alpha value is -4.62. The Morgan fingerprint density at radius 2 is 1.65 bits per heavy atom. The number of halogens is 1. The second-order valence-electron chi connectivity index (χ2n) is 10.7. The number of carbonyl (C=O) groups excluding carboxylic acids is 1. The molecular formula is C35H34ClN3O4. The van der Waals surface area contributed by atoms with Crippen LogP contribution in [0.1, 0.15) is 59.6 Å². The molecule has 4 aromatic carbocycles. The summed E-state index contributed by atoms with van der Waals surface area (Å²) in [5, 5.41) is 10.2. The van der Waals surface area contributed by atoms with E-state index in [2.05, 4.69) is 35.4 Å². The van der Waals surface area contributed by atoms with Crippen LogP contribution in [0.2, 0.25) is 5.02 Å². The van der Waals surface area contributed by atoms with Crippen molar-refractivity contribution in [2.45, 2.75) is 51.7 Å². The molecule has 1 saturated carbocycles. The van der Waals surface area contributed by atoms with Gasteiger partial charge in [0.05, 0.1) is 16.6 Å². The number of primary amides is 1. The van der Waals surface area contributed by atoms with Gasteiger partial charge >= 0.3 is 5.97 Å². The normalized spacial score (nSPS) is 13.3. The zero-order valence-corrected chi connectivity index (χ0v) is 24.8. The lowest BCUT2D eigenvalue weighted by Gasteiger charge is -2.25. The number of aromatic nitrogens is 2. The number of carboxylic acids is 1. The number of imidazole rings is 1. The van der Waals surface area contributed by atoms with Crippen molar-refractivity contribution in [1.29, 1.82) is 0 Å². The molecule has 0 radical (unpaired) electrons. The second kappa shape index (κ2) is 13.6. The highest BCUT2D eigenvalue weighted by Crippen LogP contribution is 2.37. The lowest BCUT2D eigenvalue weighted by atomic mass is 9.95. The number of rotatable bonds is 7. The van der Waals surface area contributed by atoms with E-state index in [1.165, 1.54) is 24.8 Å². The van der Waals surface area contributed by atoms with Crippen LogP contribution in [-0.2, 0) is 11.4 Å². The van der Waals surface area contributed by atoms with Gasteiger partial charge in [0.25, 0.3) is 0 Å². The predicted octanol–water partition coefficient (Wildman–Crippen LogP) is 8.22. The Labute approximate surface area is 255 Å². The molecule has 1 fully saturated rings. The quantitative estimate of drug-likeness (QED) is 0.184.